The number of aryl methyl sites for hydroxylation is 2. The first kappa shape index (κ1) is 15.0. The topological polar surface area (TPSA) is 41.5 Å². The Hall–Kier alpha value is -2.42. The second kappa shape index (κ2) is 6.84. The van der Waals surface area contributed by atoms with Crippen LogP contribution in [0.3, 0.4) is 0 Å². The number of rotatable bonds is 4. The van der Waals surface area contributed by atoms with E-state index < -0.39 is 0 Å². The Morgan fingerprint density at radius 2 is 1.81 bits per heavy atom. The van der Waals surface area contributed by atoms with Crippen LogP contribution in [0.25, 0.3) is 0 Å². The molecule has 21 heavy (non-hydrogen) atoms. The van der Waals surface area contributed by atoms with Crippen LogP contribution in [-0.2, 0) is 6.42 Å². The highest BCUT2D eigenvalue weighted by Crippen LogP contribution is 2.07. The van der Waals surface area contributed by atoms with E-state index in [4.69, 9.17) is 0 Å². The number of carbonyl (C=O) groups is 1. The third kappa shape index (κ3) is 4.02. The fraction of sp³-hybridized carbons (Fsp3) is 0.222. The number of carbonyl (C=O) groups excluding carboxylic acids is 1. The van der Waals surface area contributed by atoms with E-state index in [-0.39, 0.29) is 5.91 Å². The Balaban J connectivity index is 2.07. The number of hydrogen-bond donors (Lipinski definition) is 1. The molecule has 0 aliphatic rings. The summed E-state index contributed by atoms with van der Waals surface area (Å²) in [6.45, 7) is 5.97. The van der Waals surface area contributed by atoms with Crippen LogP contribution < -0.4 is 5.43 Å². The Bertz CT molecular complexity index is 657. The number of hydrogen-bond acceptors (Lipinski definition) is 2. The highest BCUT2D eigenvalue weighted by atomic mass is 16.2. The summed E-state index contributed by atoms with van der Waals surface area (Å²) in [5, 5.41) is 4.17. The van der Waals surface area contributed by atoms with Gasteiger partial charge in [0.25, 0.3) is 5.91 Å². The van der Waals surface area contributed by atoms with Crippen LogP contribution in [0.5, 0.6) is 0 Å². The maximum absolute atomic E-state index is 12.0. The number of amides is 1. The first-order valence-corrected chi connectivity index (χ1v) is 7.10. The van der Waals surface area contributed by atoms with Crippen LogP contribution >= 0.6 is 0 Å². The van der Waals surface area contributed by atoms with Gasteiger partial charge in [0.1, 0.15) is 0 Å². The molecule has 3 nitrogen and oxygen atoms in total. The monoisotopic (exact) mass is 280 g/mol. The van der Waals surface area contributed by atoms with Crippen LogP contribution in [0.15, 0.2) is 53.6 Å². The summed E-state index contributed by atoms with van der Waals surface area (Å²) in [7, 11) is 0. The molecule has 0 aliphatic carbocycles. The predicted molar refractivity (Wildman–Crippen MR) is 86.7 cm³/mol. The molecule has 0 aliphatic heterocycles. The largest absolute Gasteiger partial charge is 0.271 e. The Labute approximate surface area is 125 Å². The van der Waals surface area contributed by atoms with Gasteiger partial charge in [-0.3, -0.25) is 4.79 Å². The molecule has 3 heteroatoms. The normalized spacial score (nSPS) is 11.3. The molecule has 0 radical (unpaired) electrons. The van der Waals surface area contributed by atoms with Crippen LogP contribution in [0.4, 0.5) is 0 Å². The van der Waals surface area contributed by atoms with Crippen molar-refractivity contribution in [3.8, 4) is 0 Å². The zero-order valence-electron chi connectivity index (χ0n) is 12.7. The third-order valence-electron chi connectivity index (χ3n) is 3.39. The van der Waals surface area contributed by atoms with Gasteiger partial charge in [-0.05, 0) is 43.5 Å². The van der Waals surface area contributed by atoms with Crippen molar-refractivity contribution in [3.05, 3.63) is 70.8 Å². The molecule has 0 unspecified atom stereocenters. The maximum atomic E-state index is 12.0. The summed E-state index contributed by atoms with van der Waals surface area (Å²) in [5.74, 6) is -0.191. The molecule has 0 aromatic heterocycles. The quantitative estimate of drug-likeness (QED) is 0.673. The fourth-order valence-corrected chi connectivity index (χ4v) is 2.03. The van der Waals surface area contributed by atoms with Crippen molar-refractivity contribution >= 4 is 11.6 Å². The Morgan fingerprint density at radius 1 is 1.10 bits per heavy atom. The molecule has 0 atom stereocenters. The van der Waals surface area contributed by atoms with E-state index in [1.54, 1.807) is 6.07 Å². The van der Waals surface area contributed by atoms with Crippen molar-refractivity contribution in [1.82, 2.24) is 5.43 Å². The van der Waals surface area contributed by atoms with Gasteiger partial charge in [-0.25, -0.2) is 5.43 Å². The van der Waals surface area contributed by atoms with Crippen molar-refractivity contribution in [2.75, 3.05) is 0 Å². The average molecular weight is 280 g/mol. The minimum absolute atomic E-state index is 0.191. The first-order chi connectivity index (χ1) is 10.1. The van der Waals surface area contributed by atoms with Crippen LogP contribution in [0, 0.1) is 6.92 Å². The highest BCUT2D eigenvalue weighted by Gasteiger charge is 2.04. The standard InChI is InChI=1S/C18H20N2O/c1-4-15-8-10-16(11-9-15)14(3)19-20-18(21)17-7-5-6-13(2)12-17/h5-12H,4H2,1-3H3,(H,20,21)/b19-14+. The molecular formula is C18H20N2O. The molecular weight excluding hydrogens is 260 g/mol. The van der Waals surface area contributed by atoms with Gasteiger partial charge in [0.05, 0.1) is 5.71 Å². The van der Waals surface area contributed by atoms with Gasteiger partial charge in [-0.2, -0.15) is 5.10 Å². The predicted octanol–water partition coefficient (Wildman–Crippen LogP) is 3.71. The van der Waals surface area contributed by atoms with Gasteiger partial charge in [0.2, 0.25) is 0 Å². The number of benzene rings is 2. The van der Waals surface area contributed by atoms with Gasteiger partial charge in [-0.15, -0.1) is 0 Å². The van der Waals surface area contributed by atoms with Crippen molar-refractivity contribution in [2.45, 2.75) is 27.2 Å². The number of nitrogens with one attached hydrogen (secondary N) is 1. The van der Waals surface area contributed by atoms with E-state index in [1.165, 1.54) is 5.56 Å². The summed E-state index contributed by atoms with van der Waals surface area (Å²) in [6, 6.07) is 15.7. The molecule has 108 valence electrons. The smallest absolute Gasteiger partial charge is 0.267 e. The van der Waals surface area contributed by atoms with Crippen LogP contribution in [0.2, 0.25) is 0 Å². The lowest BCUT2D eigenvalue weighted by molar-refractivity contribution is 0.0954. The van der Waals surface area contributed by atoms with E-state index >= 15 is 0 Å². The summed E-state index contributed by atoms with van der Waals surface area (Å²) in [6.07, 6.45) is 1.01. The summed E-state index contributed by atoms with van der Waals surface area (Å²) in [4.78, 5) is 12.0. The second-order valence-corrected chi connectivity index (χ2v) is 5.06. The minimum Gasteiger partial charge on any atom is -0.267 e. The zero-order chi connectivity index (χ0) is 15.2. The molecule has 2 aromatic carbocycles. The zero-order valence-corrected chi connectivity index (χ0v) is 12.7. The van der Waals surface area contributed by atoms with Crippen molar-refractivity contribution in [3.63, 3.8) is 0 Å². The van der Waals surface area contributed by atoms with Crippen molar-refractivity contribution in [1.29, 1.82) is 0 Å². The molecule has 1 N–H and O–H groups in total. The Morgan fingerprint density at radius 3 is 2.43 bits per heavy atom. The average Bonchev–Trinajstić information content (AvgIpc) is 2.52. The lowest BCUT2D eigenvalue weighted by Crippen LogP contribution is -2.19. The molecule has 0 fully saturated rings. The SMILES string of the molecule is CCc1ccc(/C(C)=N/NC(=O)c2cccc(C)c2)cc1. The fourth-order valence-electron chi connectivity index (χ4n) is 2.03. The molecule has 0 heterocycles. The molecule has 0 spiro atoms. The summed E-state index contributed by atoms with van der Waals surface area (Å²) in [5.41, 5.74) is 7.36. The van der Waals surface area contributed by atoms with Gasteiger partial charge in [-0.1, -0.05) is 48.9 Å². The minimum atomic E-state index is -0.191. The Kier molecular flexibility index (Phi) is 4.88. The lowest BCUT2D eigenvalue weighted by atomic mass is 10.1. The van der Waals surface area contributed by atoms with Crippen LogP contribution in [0.1, 0.15) is 40.9 Å². The maximum Gasteiger partial charge on any atom is 0.271 e. The number of nitrogens with zero attached hydrogens (tertiary/aromatic N) is 1. The van der Waals surface area contributed by atoms with Crippen LogP contribution in [-0.4, -0.2) is 11.6 Å². The van der Waals surface area contributed by atoms with Crippen molar-refractivity contribution in [2.24, 2.45) is 5.10 Å². The molecule has 1 amide bonds. The van der Waals surface area contributed by atoms with E-state index in [1.807, 2.05) is 44.2 Å². The van der Waals surface area contributed by atoms with Gasteiger partial charge in [0.15, 0.2) is 0 Å². The molecule has 0 bridgehead atoms. The molecule has 2 aromatic rings. The van der Waals surface area contributed by atoms with E-state index in [2.05, 4.69) is 29.6 Å². The molecule has 0 saturated heterocycles. The first-order valence-electron chi connectivity index (χ1n) is 7.10. The molecule has 2 rings (SSSR count). The van der Waals surface area contributed by atoms with Gasteiger partial charge >= 0.3 is 0 Å². The van der Waals surface area contributed by atoms with E-state index in [0.717, 1.165) is 23.3 Å². The highest BCUT2D eigenvalue weighted by molar-refractivity contribution is 6.00. The second-order valence-electron chi connectivity index (χ2n) is 5.06. The van der Waals surface area contributed by atoms with Crippen molar-refractivity contribution < 1.29 is 4.79 Å². The summed E-state index contributed by atoms with van der Waals surface area (Å²) >= 11 is 0. The van der Waals surface area contributed by atoms with E-state index in [0.29, 0.717) is 5.56 Å². The molecule has 0 saturated carbocycles. The third-order valence-corrected chi connectivity index (χ3v) is 3.39. The van der Waals surface area contributed by atoms with E-state index in [9.17, 15) is 4.79 Å². The number of hydrazone groups is 1. The summed E-state index contributed by atoms with van der Waals surface area (Å²) < 4.78 is 0. The van der Waals surface area contributed by atoms with Gasteiger partial charge in [0, 0.05) is 5.56 Å². The van der Waals surface area contributed by atoms with Gasteiger partial charge < -0.3 is 0 Å². The lowest BCUT2D eigenvalue weighted by Gasteiger charge is -2.04.